The molecular formula is C16H17N3O. The fourth-order valence-corrected chi connectivity index (χ4v) is 2.46. The van der Waals surface area contributed by atoms with Crippen LogP contribution in [0.2, 0.25) is 0 Å². The zero-order valence-electron chi connectivity index (χ0n) is 11.7. The van der Waals surface area contributed by atoms with Crippen molar-refractivity contribution in [3.63, 3.8) is 0 Å². The zero-order valence-corrected chi connectivity index (χ0v) is 11.7. The monoisotopic (exact) mass is 267 g/mol. The smallest absolute Gasteiger partial charge is 0.154 e. The van der Waals surface area contributed by atoms with Gasteiger partial charge in [-0.3, -0.25) is 0 Å². The minimum absolute atomic E-state index is 0.536. The highest BCUT2D eigenvalue weighted by atomic mass is 16.3. The van der Waals surface area contributed by atoms with Crippen LogP contribution < -0.4 is 5.73 Å². The maximum atomic E-state index is 5.98. The highest BCUT2D eigenvalue weighted by molar-refractivity contribution is 5.85. The number of nitrogen functional groups attached to an aromatic ring is 1. The van der Waals surface area contributed by atoms with Gasteiger partial charge in [-0.1, -0.05) is 31.5 Å². The van der Waals surface area contributed by atoms with Crippen molar-refractivity contribution >= 4 is 16.8 Å². The summed E-state index contributed by atoms with van der Waals surface area (Å²) < 4.78 is 5.98. The predicted octanol–water partition coefficient (Wildman–Crippen LogP) is 3.73. The van der Waals surface area contributed by atoms with E-state index in [1.54, 1.807) is 0 Å². The number of benzene rings is 1. The number of nitrogens with zero attached hydrogens (tertiary/aromatic N) is 2. The predicted molar refractivity (Wildman–Crippen MR) is 80.4 cm³/mol. The summed E-state index contributed by atoms with van der Waals surface area (Å²) in [6, 6.07) is 8.12. The topological polar surface area (TPSA) is 64.9 Å². The average Bonchev–Trinajstić information content (AvgIpc) is 2.86. The summed E-state index contributed by atoms with van der Waals surface area (Å²) in [6.45, 7) is 4.15. The van der Waals surface area contributed by atoms with E-state index >= 15 is 0 Å². The number of para-hydroxylation sites is 1. The Morgan fingerprint density at radius 1 is 1.25 bits per heavy atom. The van der Waals surface area contributed by atoms with E-state index < -0.39 is 0 Å². The number of furan rings is 1. The molecule has 3 rings (SSSR count). The summed E-state index contributed by atoms with van der Waals surface area (Å²) in [5.74, 6) is 1.29. The summed E-state index contributed by atoms with van der Waals surface area (Å²) in [7, 11) is 0. The molecule has 0 radical (unpaired) electrons. The lowest BCUT2D eigenvalue weighted by molar-refractivity contribution is 0.624. The van der Waals surface area contributed by atoms with Crippen molar-refractivity contribution in [3.05, 3.63) is 41.7 Å². The fraction of sp³-hybridized carbons (Fsp3) is 0.250. The summed E-state index contributed by atoms with van der Waals surface area (Å²) >= 11 is 0. The van der Waals surface area contributed by atoms with Crippen molar-refractivity contribution in [1.82, 2.24) is 9.97 Å². The third-order valence-corrected chi connectivity index (χ3v) is 3.45. The summed E-state index contributed by atoms with van der Waals surface area (Å²) in [6.07, 6.45) is 3.33. The van der Waals surface area contributed by atoms with Crippen LogP contribution in [0.15, 0.2) is 35.0 Å². The fourth-order valence-electron chi connectivity index (χ4n) is 2.46. The first kappa shape index (κ1) is 12.7. The Balaban J connectivity index is 2.20. The maximum absolute atomic E-state index is 5.98. The van der Waals surface area contributed by atoms with Crippen molar-refractivity contribution in [2.24, 2.45) is 0 Å². The van der Waals surface area contributed by atoms with Crippen LogP contribution in [-0.2, 0) is 6.42 Å². The van der Waals surface area contributed by atoms with Gasteiger partial charge < -0.3 is 10.2 Å². The second-order valence-corrected chi connectivity index (χ2v) is 4.94. The van der Waals surface area contributed by atoms with E-state index in [-0.39, 0.29) is 0 Å². The SMILES string of the molecule is CCCc1c(N)ncnc1-c1cc2cccc(C)c2o1. The van der Waals surface area contributed by atoms with Crippen LogP contribution >= 0.6 is 0 Å². The van der Waals surface area contributed by atoms with Gasteiger partial charge in [0.1, 0.15) is 23.4 Å². The number of nitrogens with two attached hydrogens (primary N) is 1. The number of rotatable bonds is 3. The summed E-state index contributed by atoms with van der Waals surface area (Å²) in [5, 5.41) is 1.08. The van der Waals surface area contributed by atoms with Gasteiger partial charge in [-0.15, -0.1) is 0 Å². The molecule has 0 unspecified atom stereocenters. The molecule has 0 fully saturated rings. The van der Waals surface area contributed by atoms with Crippen LogP contribution in [0.5, 0.6) is 0 Å². The molecule has 0 bridgehead atoms. The Morgan fingerprint density at radius 3 is 2.85 bits per heavy atom. The Hall–Kier alpha value is -2.36. The van der Waals surface area contributed by atoms with Crippen LogP contribution in [0.3, 0.4) is 0 Å². The molecule has 0 saturated heterocycles. The third kappa shape index (κ3) is 2.03. The summed E-state index contributed by atoms with van der Waals surface area (Å²) in [4.78, 5) is 8.45. The van der Waals surface area contributed by atoms with E-state index in [0.29, 0.717) is 5.82 Å². The van der Waals surface area contributed by atoms with Gasteiger partial charge in [0.15, 0.2) is 5.76 Å². The van der Waals surface area contributed by atoms with E-state index in [9.17, 15) is 0 Å². The normalized spacial score (nSPS) is 11.1. The van der Waals surface area contributed by atoms with Gasteiger partial charge in [0, 0.05) is 10.9 Å². The van der Waals surface area contributed by atoms with Crippen LogP contribution in [0.1, 0.15) is 24.5 Å². The third-order valence-electron chi connectivity index (χ3n) is 3.45. The molecule has 2 heterocycles. The molecule has 0 atom stereocenters. The Kier molecular flexibility index (Phi) is 3.14. The van der Waals surface area contributed by atoms with Gasteiger partial charge in [-0.25, -0.2) is 9.97 Å². The minimum atomic E-state index is 0.536. The van der Waals surface area contributed by atoms with Gasteiger partial charge in [-0.05, 0) is 25.0 Å². The second-order valence-electron chi connectivity index (χ2n) is 4.94. The average molecular weight is 267 g/mol. The molecule has 4 nitrogen and oxygen atoms in total. The molecule has 0 spiro atoms. The lowest BCUT2D eigenvalue weighted by Crippen LogP contribution is -2.01. The lowest BCUT2D eigenvalue weighted by Gasteiger charge is -2.07. The summed E-state index contributed by atoms with van der Waals surface area (Å²) in [5.41, 5.74) is 9.76. The molecule has 20 heavy (non-hydrogen) atoms. The highest BCUT2D eigenvalue weighted by Crippen LogP contribution is 2.32. The van der Waals surface area contributed by atoms with Crippen molar-refractivity contribution in [2.75, 3.05) is 5.73 Å². The lowest BCUT2D eigenvalue weighted by atomic mass is 10.1. The first-order chi connectivity index (χ1) is 9.70. The van der Waals surface area contributed by atoms with Crippen LogP contribution in [0.4, 0.5) is 5.82 Å². The Bertz CT molecular complexity index is 762. The quantitative estimate of drug-likeness (QED) is 0.785. The molecule has 4 heteroatoms. The van der Waals surface area contributed by atoms with Gasteiger partial charge in [0.25, 0.3) is 0 Å². The van der Waals surface area contributed by atoms with Gasteiger partial charge in [0.05, 0.1) is 0 Å². The largest absolute Gasteiger partial charge is 0.454 e. The number of fused-ring (bicyclic) bond motifs is 1. The molecule has 3 aromatic rings. The molecule has 0 aliphatic heterocycles. The number of aryl methyl sites for hydroxylation is 1. The van der Waals surface area contributed by atoms with E-state index in [0.717, 1.165) is 46.4 Å². The number of hydrogen-bond donors (Lipinski definition) is 1. The van der Waals surface area contributed by atoms with Gasteiger partial charge in [0.2, 0.25) is 0 Å². The standard InChI is InChI=1S/C16H17N3O/c1-3-5-12-14(18-9-19-16(12)17)13-8-11-7-4-6-10(2)15(11)20-13/h4,6-9H,3,5H2,1-2H3,(H2,17,18,19). The minimum Gasteiger partial charge on any atom is -0.454 e. The molecule has 2 aromatic heterocycles. The maximum Gasteiger partial charge on any atom is 0.154 e. The molecule has 2 N–H and O–H groups in total. The zero-order chi connectivity index (χ0) is 14.1. The van der Waals surface area contributed by atoms with Gasteiger partial charge >= 0.3 is 0 Å². The Labute approximate surface area is 117 Å². The molecule has 0 amide bonds. The molecule has 0 saturated carbocycles. The molecule has 102 valence electrons. The number of hydrogen-bond acceptors (Lipinski definition) is 4. The number of aromatic nitrogens is 2. The van der Waals surface area contributed by atoms with E-state index in [4.69, 9.17) is 10.2 Å². The highest BCUT2D eigenvalue weighted by Gasteiger charge is 2.15. The first-order valence-electron chi connectivity index (χ1n) is 6.79. The molecule has 1 aromatic carbocycles. The van der Waals surface area contributed by atoms with Gasteiger partial charge in [-0.2, -0.15) is 0 Å². The van der Waals surface area contributed by atoms with Crippen molar-refractivity contribution < 1.29 is 4.42 Å². The van der Waals surface area contributed by atoms with E-state index in [1.165, 1.54) is 6.33 Å². The van der Waals surface area contributed by atoms with Crippen LogP contribution in [-0.4, -0.2) is 9.97 Å². The first-order valence-corrected chi connectivity index (χ1v) is 6.79. The molecule has 0 aliphatic carbocycles. The van der Waals surface area contributed by atoms with Crippen LogP contribution in [0.25, 0.3) is 22.4 Å². The van der Waals surface area contributed by atoms with E-state index in [2.05, 4.69) is 16.9 Å². The van der Waals surface area contributed by atoms with Crippen LogP contribution in [0, 0.1) is 6.92 Å². The molecule has 0 aliphatic rings. The second kappa shape index (κ2) is 4.96. The van der Waals surface area contributed by atoms with Crippen molar-refractivity contribution in [3.8, 4) is 11.5 Å². The van der Waals surface area contributed by atoms with Crippen molar-refractivity contribution in [1.29, 1.82) is 0 Å². The van der Waals surface area contributed by atoms with Crippen molar-refractivity contribution in [2.45, 2.75) is 26.7 Å². The molecular weight excluding hydrogens is 250 g/mol. The van der Waals surface area contributed by atoms with E-state index in [1.807, 2.05) is 31.2 Å². The number of anilines is 1. The Morgan fingerprint density at radius 2 is 2.10 bits per heavy atom.